The lowest BCUT2D eigenvalue weighted by atomic mass is 10.1. The van der Waals surface area contributed by atoms with Gasteiger partial charge in [0.1, 0.15) is 12.6 Å². The summed E-state index contributed by atoms with van der Waals surface area (Å²) in [5.41, 5.74) is 2.25. The third-order valence-corrected chi connectivity index (χ3v) is 7.20. The Hall–Kier alpha value is -2.39. The van der Waals surface area contributed by atoms with Gasteiger partial charge >= 0.3 is 0 Å². The first-order valence-corrected chi connectivity index (χ1v) is 13.5. The number of nitrogens with one attached hydrogen (secondary N) is 1. The Labute approximate surface area is 205 Å². The van der Waals surface area contributed by atoms with E-state index in [0.29, 0.717) is 10.2 Å². The largest absolute Gasteiger partial charge is 0.352 e. The minimum Gasteiger partial charge on any atom is -0.352 e. The zero-order valence-corrected chi connectivity index (χ0v) is 22.1. The van der Waals surface area contributed by atoms with Gasteiger partial charge in [-0.15, -0.1) is 0 Å². The highest BCUT2D eigenvalue weighted by atomic mass is 79.9. The number of hydrogen-bond donors (Lipinski definition) is 1. The van der Waals surface area contributed by atoms with Gasteiger partial charge in [0.05, 0.1) is 11.9 Å². The number of para-hydroxylation sites is 1. The van der Waals surface area contributed by atoms with E-state index in [9.17, 15) is 18.0 Å². The Morgan fingerprint density at radius 2 is 1.76 bits per heavy atom. The average Bonchev–Trinajstić information content (AvgIpc) is 2.75. The molecule has 2 rings (SSSR count). The summed E-state index contributed by atoms with van der Waals surface area (Å²) in [7, 11) is -3.76. The molecule has 0 saturated heterocycles. The van der Waals surface area contributed by atoms with Crippen LogP contribution in [0.1, 0.15) is 38.3 Å². The van der Waals surface area contributed by atoms with E-state index in [1.54, 1.807) is 31.2 Å². The Morgan fingerprint density at radius 1 is 1.09 bits per heavy atom. The standard InChI is InChI=1S/C24H32BrN3O4S/c1-6-18(3)26-24(30)19(4)27(15-20-11-9-10-17(2)14-20)23(29)16-28(33(5,31)32)22-13-8-7-12-21(22)25/h7-14,18-19H,6,15-16H2,1-5H3,(H,26,30)/t18-,19-/m1/s1. The molecular formula is C24H32BrN3O4S. The fraction of sp³-hybridized carbons (Fsp3) is 0.417. The van der Waals surface area contributed by atoms with E-state index >= 15 is 0 Å². The molecule has 0 radical (unpaired) electrons. The number of carbonyl (C=O) groups excluding carboxylic acids is 2. The number of carbonyl (C=O) groups is 2. The van der Waals surface area contributed by atoms with E-state index < -0.39 is 28.5 Å². The van der Waals surface area contributed by atoms with Crippen molar-refractivity contribution < 1.29 is 18.0 Å². The van der Waals surface area contributed by atoms with Gasteiger partial charge in [-0.1, -0.05) is 48.9 Å². The fourth-order valence-corrected chi connectivity index (χ4v) is 4.78. The molecule has 0 aromatic heterocycles. The highest BCUT2D eigenvalue weighted by molar-refractivity contribution is 9.10. The SMILES string of the molecule is CC[C@@H](C)NC(=O)[C@@H](C)N(Cc1cccc(C)c1)C(=O)CN(c1ccccc1Br)S(C)(=O)=O. The van der Waals surface area contributed by atoms with Crippen molar-refractivity contribution in [3.05, 3.63) is 64.1 Å². The zero-order chi connectivity index (χ0) is 24.8. The molecule has 1 N–H and O–H groups in total. The highest BCUT2D eigenvalue weighted by Gasteiger charge is 2.31. The summed E-state index contributed by atoms with van der Waals surface area (Å²) in [6.45, 7) is 7.24. The Bertz CT molecular complexity index is 1090. The number of sulfonamides is 1. The van der Waals surface area contributed by atoms with Crippen LogP contribution >= 0.6 is 15.9 Å². The summed E-state index contributed by atoms with van der Waals surface area (Å²) >= 11 is 3.37. The van der Waals surface area contributed by atoms with Gasteiger partial charge < -0.3 is 10.2 Å². The molecule has 0 fully saturated rings. The molecule has 7 nitrogen and oxygen atoms in total. The number of rotatable bonds is 10. The minimum atomic E-state index is -3.76. The van der Waals surface area contributed by atoms with E-state index in [1.165, 1.54) is 4.90 Å². The fourth-order valence-electron chi connectivity index (χ4n) is 3.30. The summed E-state index contributed by atoms with van der Waals surface area (Å²) in [6.07, 6.45) is 1.82. The van der Waals surface area contributed by atoms with Crippen LogP contribution in [0.3, 0.4) is 0 Å². The number of hydrogen-bond acceptors (Lipinski definition) is 4. The molecule has 0 spiro atoms. The van der Waals surface area contributed by atoms with Crippen LogP contribution in [0.25, 0.3) is 0 Å². The van der Waals surface area contributed by atoms with E-state index in [4.69, 9.17) is 0 Å². The molecule has 0 heterocycles. The molecule has 2 amide bonds. The summed E-state index contributed by atoms with van der Waals surface area (Å²) in [6, 6.07) is 13.7. The minimum absolute atomic E-state index is 0.0383. The predicted molar refractivity (Wildman–Crippen MR) is 135 cm³/mol. The van der Waals surface area contributed by atoms with Crippen molar-refractivity contribution in [1.82, 2.24) is 10.2 Å². The van der Waals surface area contributed by atoms with Crippen LogP contribution < -0.4 is 9.62 Å². The molecule has 0 bridgehead atoms. The number of amides is 2. The Morgan fingerprint density at radius 3 is 2.33 bits per heavy atom. The predicted octanol–water partition coefficient (Wildman–Crippen LogP) is 3.86. The molecule has 0 aliphatic rings. The van der Waals surface area contributed by atoms with Gasteiger partial charge in [0.15, 0.2) is 0 Å². The van der Waals surface area contributed by atoms with Crippen molar-refractivity contribution in [2.75, 3.05) is 17.1 Å². The normalized spacial score (nSPS) is 13.2. The van der Waals surface area contributed by atoms with Gasteiger partial charge in [0.2, 0.25) is 21.8 Å². The maximum atomic E-state index is 13.5. The summed E-state index contributed by atoms with van der Waals surface area (Å²) < 4.78 is 26.8. The van der Waals surface area contributed by atoms with E-state index in [0.717, 1.165) is 28.1 Å². The molecule has 0 aliphatic heterocycles. The average molecular weight is 539 g/mol. The van der Waals surface area contributed by atoms with Gasteiger partial charge in [-0.2, -0.15) is 0 Å². The second-order valence-electron chi connectivity index (χ2n) is 8.23. The molecule has 2 aromatic rings. The first-order valence-electron chi connectivity index (χ1n) is 10.8. The molecule has 2 atom stereocenters. The van der Waals surface area contributed by atoms with Crippen LogP contribution in [0.5, 0.6) is 0 Å². The summed E-state index contributed by atoms with van der Waals surface area (Å²) in [5.74, 6) is -0.748. The van der Waals surface area contributed by atoms with Crippen molar-refractivity contribution >= 4 is 43.5 Å². The molecule has 0 aliphatic carbocycles. The van der Waals surface area contributed by atoms with Gasteiger partial charge in [0.25, 0.3) is 0 Å². The first kappa shape index (κ1) is 26.9. The molecular weight excluding hydrogens is 506 g/mol. The van der Waals surface area contributed by atoms with Crippen LogP contribution in [0.4, 0.5) is 5.69 Å². The van der Waals surface area contributed by atoms with Crippen molar-refractivity contribution in [1.29, 1.82) is 0 Å². The Kier molecular flexibility index (Phi) is 9.48. The number of nitrogens with zero attached hydrogens (tertiary/aromatic N) is 2. The molecule has 0 saturated carbocycles. The topological polar surface area (TPSA) is 86.8 Å². The van der Waals surface area contributed by atoms with Gasteiger partial charge in [-0.3, -0.25) is 13.9 Å². The van der Waals surface area contributed by atoms with Gasteiger partial charge in [0, 0.05) is 17.1 Å². The molecule has 9 heteroatoms. The van der Waals surface area contributed by atoms with E-state index in [1.807, 2.05) is 45.0 Å². The molecule has 180 valence electrons. The van der Waals surface area contributed by atoms with Crippen LogP contribution in [0.15, 0.2) is 53.0 Å². The van der Waals surface area contributed by atoms with Crippen LogP contribution in [-0.2, 0) is 26.2 Å². The maximum absolute atomic E-state index is 13.5. The number of benzene rings is 2. The lowest BCUT2D eigenvalue weighted by molar-refractivity contribution is -0.139. The van der Waals surface area contributed by atoms with Crippen molar-refractivity contribution in [3.8, 4) is 0 Å². The second-order valence-corrected chi connectivity index (χ2v) is 11.0. The molecule has 0 unspecified atom stereocenters. The highest BCUT2D eigenvalue weighted by Crippen LogP contribution is 2.28. The lowest BCUT2D eigenvalue weighted by Crippen LogP contribution is -2.52. The van der Waals surface area contributed by atoms with E-state index in [2.05, 4.69) is 21.2 Å². The smallest absolute Gasteiger partial charge is 0.244 e. The first-order chi connectivity index (χ1) is 15.4. The molecule has 33 heavy (non-hydrogen) atoms. The summed E-state index contributed by atoms with van der Waals surface area (Å²) in [4.78, 5) is 27.8. The number of aryl methyl sites for hydroxylation is 1. The van der Waals surface area contributed by atoms with E-state index in [-0.39, 0.29) is 18.5 Å². The van der Waals surface area contributed by atoms with Crippen LogP contribution in [0.2, 0.25) is 0 Å². The third kappa shape index (κ3) is 7.57. The van der Waals surface area contributed by atoms with Crippen molar-refractivity contribution in [3.63, 3.8) is 0 Å². The maximum Gasteiger partial charge on any atom is 0.244 e. The molecule has 2 aromatic carbocycles. The monoisotopic (exact) mass is 537 g/mol. The number of halogens is 1. The summed E-state index contributed by atoms with van der Waals surface area (Å²) in [5, 5.41) is 2.91. The lowest BCUT2D eigenvalue weighted by Gasteiger charge is -2.32. The van der Waals surface area contributed by atoms with Crippen LogP contribution in [-0.4, -0.2) is 50.0 Å². The third-order valence-electron chi connectivity index (χ3n) is 5.40. The van der Waals surface area contributed by atoms with Gasteiger partial charge in [-0.05, 0) is 60.8 Å². The van der Waals surface area contributed by atoms with Gasteiger partial charge in [-0.25, -0.2) is 8.42 Å². The van der Waals surface area contributed by atoms with Crippen LogP contribution in [0, 0.1) is 6.92 Å². The van der Waals surface area contributed by atoms with Crippen molar-refractivity contribution in [2.24, 2.45) is 0 Å². The second kappa shape index (κ2) is 11.7. The number of anilines is 1. The quantitative estimate of drug-likeness (QED) is 0.498. The van der Waals surface area contributed by atoms with Crippen molar-refractivity contribution in [2.45, 2.75) is 52.7 Å². The Balaban J connectivity index is 2.40. The zero-order valence-electron chi connectivity index (χ0n) is 19.7.